The minimum absolute atomic E-state index is 0.630. The third-order valence-electron chi connectivity index (χ3n) is 2.31. The highest BCUT2D eigenvalue weighted by atomic mass is 32.1. The number of hydrogen-bond donors (Lipinski definition) is 1. The maximum Gasteiger partial charge on any atom is 0.199 e. The number of nitrogens with zero attached hydrogens (tertiary/aromatic N) is 2. The van der Waals surface area contributed by atoms with Gasteiger partial charge in [-0.3, -0.25) is 9.50 Å². The average molecular weight is 201 g/mol. The Bertz CT molecular complexity index is 665. The summed E-state index contributed by atoms with van der Waals surface area (Å²) < 4.78 is 2.50. The van der Waals surface area contributed by atoms with Crippen molar-refractivity contribution in [3.8, 4) is 0 Å². The molecule has 3 aromatic rings. The van der Waals surface area contributed by atoms with Gasteiger partial charge in [0.15, 0.2) is 10.4 Å². The molecule has 1 N–H and O–H groups in total. The van der Waals surface area contributed by atoms with E-state index < -0.39 is 0 Å². The second-order valence-corrected chi connectivity index (χ2v) is 3.51. The van der Waals surface area contributed by atoms with E-state index in [1.54, 1.807) is 0 Å². The Morgan fingerprint density at radius 1 is 1.21 bits per heavy atom. The van der Waals surface area contributed by atoms with Gasteiger partial charge in [-0.1, -0.05) is 24.3 Å². The van der Waals surface area contributed by atoms with E-state index in [0.717, 1.165) is 11.0 Å². The number of nitrogens with one attached hydrogen (secondary N) is 1. The number of hydrogen-bond acceptors (Lipinski definition) is 2. The van der Waals surface area contributed by atoms with Crippen LogP contribution in [0, 0.1) is 4.77 Å². The molecule has 4 heteroatoms. The molecule has 0 unspecified atom stereocenters. The third-order valence-corrected chi connectivity index (χ3v) is 2.60. The van der Waals surface area contributed by atoms with Crippen LogP contribution in [-0.4, -0.2) is 14.6 Å². The first-order valence-corrected chi connectivity index (χ1v) is 4.71. The van der Waals surface area contributed by atoms with Gasteiger partial charge in [0.05, 0.1) is 0 Å². The van der Waals surface area contributed by atoms with Crippen LogP contribution >= 0.6 is 12.2 Å². The Hall–Kier alpha value is -1.68. The summed E-state index contributed by atoms with van der Waals surface area (Å²) in [6, 6.07) is 10.2. The minimum atomic E-state index is 0.630. The Morgan fingerprint density at radius 2 is 2.07 bits per heavy atom. The van der Waals surface area contributed by atoms with Crippen LogP contribution in [-0.2, 0) is 0 Å². The van der Waals surface area contributed by atoms with Crippen molar-refractivity contribution in [1.29, 1.82) is 0 Å². The number of aromatic amines is 1. The summed E-state index contributed by atoms with van der Waals surface area (Å²) in [6.45, 7) is 0. The van der Waals surface area contributed by atoms with Crippen molar-refractivity contribution < 1.29 is 0 Å². The number of pyridine rings is 1. The van der Waals surface area contributed by atoms with E-state index >= 15 is 0 Å². The molecule has 0 aliphatic heterocycles. The zero-order valence-corrected chi connectivity index (χ0v) is 8.08. The Labute approximate surface area is 85.0 Å². The fraction of sp³-hybridized carbons (Fsp3) is 0. The predicted molar refractivity (Wildman–Crippen MR) is 57.9 cm³/mol. The van der Waals surface area contributed by atoms with Crippen molar-refractivity contribution >= 4 is 28.6 Å². The lowest BCUT2D eigenvalue weighted by Gasteiger charge is -1.97. The van der Waals surface area contributed by atoms with Crippen LogP contribution in [0.1, 0.15) is 0 Å². The standard InChI is InChI=1S/C10H7N3S/c14-10-12-11-9-8-4-2-1-3-7(8)5-6-13(9)10/h1-6H,(H,12,14). The Balaban J connectivity index is 2.68. The zero-order valence-electron chi connectivity index (χ0n) is 7.27. The van der Waals surface area contributed by atoms with Gasteiger partial charge in [-0.05, 0) is 23.7 Å². The molecule has 14 heavy (non-hydrogen) atoms. The van der Waals surface area contributed by atoms with Crippen molar-refractivity contribution in [2.24, 2.45) is 0 Å². The van der Waals surface area contributed by atoms with Crippen molar-refractivity contribution in [2.75, 3.05) is 0 Å². The summed E-state index contributed by atoms with van der Waals surface area (Å²) in [5.41, 5.74) is 0.883. The molecule has 0 bridgehead atoms. The largest absolute Gasteiger partial charge is 0.275 e. The quantitative estimate of drug-likeness (QED) is 0.567. The van der Waals surface area contributed by atoms with E-state index in [4.69, 9.17) is 12.2 Å². The van der Waals surface area contributed by atoms with Gasteiger partial charge in [0, 0.05) is 11.6 Å². The lowest BCUT2D eigenvalue weighted by molar-refractivity contribution is 1.07. The van der Waals surface area contributed by atoms with E-state index in [-0.39, 0.29) is 0 Å². The highest BCUT2D eigenvalue weighted by Gasteiger charge is 2.01. The van der Waals surface area contributed by atoms with Crippen LogP contribution in [0.5, 0.6) is 0 Å². The second kappa shape index (κ2) is 2.65. The van der Waals surface area contributed by atoms with E-state index in [0.29, 0.717) is 4.77 Å². The summed E-state index contributed by atoms with van der Waals surface area (Å²) in [5.74, 6) is 0. The number of aromatic nitrogens is 3. The van der Waals surface area contributed by atoms with Crippen LogP contribution in [0.15, 0.2) is 36.5 Å². The number of benzene rings is 1. The molecule has 3 rings (SSSR count). The molecule has 68 valence electrons. The van der Waals surface area contributed by atoms with E-state index in [1.807, 2.05) is 34.9 Å². The summed E-state index contributed by atoms with van der Waals surface area (Å²) in [6.07, 6.45) is 1.93. The van der Waals surface area contributed by atoms with Crippen LogP contribution in [0.3, 0.4) is 0 Å². The topological polar surface area (TPSA) is 33.1 Å². The van der Waals surface area contributed by atoms with Crippen LogP contribution in [0.25, 0.3) is 16.4 Å². The fourth-order valence-corrected chi connectivity index (χ4v) is 1.83. The van der Waals surface area contributed by atoms with E-state index in [1.165, 1.54) is 5.39 Å². The molecule has 0 atom stereocenters. The van der Waals surface area contributed by atoms with Crippen molar-refractivity contribution in [3.63, 3.8) is 0 Å². The van der Waals surface area contributed by atoms with Crippen molar-refractivity contribution in [2.45, 2.75) is 0 Å². The number of H-pyrrole nitrogens is 1. The first-order chi connectivity index (χ1) is 6.86. The Morgan fingerprint density at radius 3 is 3.00 bits per heavy atom. The molecule has 0 saturated carbocycles. The first kappa shape index (κ1) is 7.70. The molecule has 0 amide bonds. The molecule has 2 heterocycles. The summed E-state index contributed by atoms with van der Waals surface area (Å²) in [4.78, 5) is 0. The second-order valence-electron chi connectivity index (χ2n) is 3.13. The fourth-order valence-electron chi connectivity index (χ4n) is 1.63. The predicted octanol–water partition coefficient (Wildman–Crippen LogP) is 2.55. The van der Waals surface area contributed by atoms with Gasteiger partial charge >= 0.3 is 0 Å². The number of fused-ring (bicyclic) bond motifs is 3. The molecule has 0 spiro atoms. The zero-order chi connectivity index (χ0) is 9.54. The molecule has 1 aromatic carbocycles. The maximum absolute atomic E-state index is 5.09. The van der Waals surface area contributed by atoms with E-state index in [2.05, 4.69) is 16.3 Å². The van der Waals surface area contributed by atoms with Gasteiger partial charge < -0.3 is 0 Å². The normalized spacial score (nSPS) is 11.1. The summed E-state index contributed by atoms with van der Waals surface area (Å²) >= 11 is 5.09. The smallest absolute Gasteiger partial charge is 0.199 e. The van der Waals surface area contributed by atoms with Crippen LogP contribution in [0.2, 0.25) is 0 Å². The van der Waals surface area contributed by atoms with Gasteiger partial charge in [0.25, 0.3) is 0 Å². The molecule has 3 nitrogen and oxygen atoms in total. The van der Waals surface area contributed by atoms with Gasteiger partial charge in [-0.2, -0.15) is 5.10 Å². The van der Waals surface area contributed by atoms with Gasteiger partial charge in [0.1, 0.15) is 0 Å². The van der Waals surface area contributed by atoms with E-state index in [9.17, 15) is 0 Å². The first-order valence-electron chi connectivity index (χ1n) is 4.31. The maximum atomic E-state index is 5.09. The highest BCUT2D eigenvalue weighted by molar-refractivity contribution is 7.71. The molecule has 0 aliphatic rings. The minimum Gasteiger partial charge on any atom is -0.275 e. The Kier molecular flexibility index (Phi) is 1.46. The number of rotatable bonds is 0. The van der Waals surface area contributed by atoms with Gasteiger partial charge in [0.2, 0.25) is 0 Å². The summed E-state index contributed by atoms with van der Waals surface area (Å²) in [5, 5.41) is 9.26. The lowest BCUT2D eigenvalue weighted by Crippen LogP contribution is -1.84. The molecule has 2 aromatic heterocycles. The van der Waals surface area contributed by atoms with Gasteiger partial charge in [-0.15, -0.1) is 0 Å². The van der Waals surface area contributed by atoms with Crippen molar-refractivity contribution in [3.05, 3.63) is 41.3 Å². The molecule has 0 saturated heterocycles. The molecule has 0 aliphatic carbocycles. The van der Waals surface area contributed by atoms with Crippen molar-refractivity contribution in [1.82, 2.24) is 14.6 Å². The lowest BCUT2D eigenvalue weighted by atomic mass is 10.2. The molecule has 0 fully saturated rings. The summed E-state index contributed by atoms with van der Waals surface area (Å²) in [7, 11) is 0. The monoisotopic (exact) mass is 201 g/mol. The van der Waals surface area contributed by atoms with Crippen LogP contribution < -0.4 is 0 Å². The third kappa shape index (κ3) is 0.914. The molecular weight excluding hydrogens is 194 g/mol. The molecular formula is C10H7N3S. The van der Waals surface area contributed by atoms with Crippen LogP contribution in [0.4, 0.5) is 0 Å². The SMILES string of the molecule is S=c1[nH]nc2c3ccccc3ccn12. The highest BCUT2D eigenvalue weighted by Crippen LogP contribution is 2.17. The average Bonchev–Trinajstić information content (AvgIpc) is 2.61. The van der Waals surface area contributed by atoms with Gasteiger partial charge in [-0.25, -0.2) is 0 Å². The molecule has 0 radical (unpaired) electrons.